The van der Waals surface area contributed by atoms with Crippen molar-refractivity contribution in [2.45, 2.75) is 0 Å². The van der Waals surface area contributed by atoms with Gasteiger partial charge in [0.15, 0.2) is 0 Å². The Morgan fingerprint density at radius 1 is 1.50 bits per heavy atom. The summed E-state index contributed by atoms with van der Waals surface area (Å²) >= 11 is 0. The van der Waals surface area contributed by atoms with Crippen LogP contribution in [0.4, 0.5) is 0 Å². The molecule has 2 rings (SSSR count). The predicted octanol–water partition coefficient (Wildman–Crippen LogP) is -0.346. The largest absolute Gasteiger partial charge is 0.389 e. The number of hydrogen-bond acceptors (Lipinski definition) is 4. The number of esters is 2. The minimum absolute atomic E-state index is 0.352. The zero-order valence-electron chi connectivity index (χ0n) is 4.90. The molecule has 4 heteroatoms. The van der Waals surface area contributed by atoms with E-state index < -0.39 is 17.9 Å². The van der Waals surface area contributed by atoms with E-state index in [0.717, 1.165) is 0 Å². The Morgan fingerprint density at radius 2 is 2.30 bits per heavy atom. The molecule has 1 unspecified atom stereocenters. The monoisotopic (exact) mass is 137 g/mol. The van der Waals surface area contributed by atoms with Gasteiger partial charge < -0.3 is 4.74 Å². The molecular weight excluding hydrogens is 134 g/mol. The van der Waals surface area contributed by atoms with E-state index in [4.69, 9.17) is 0 Å². The summed E-state index contributed by atoms with van der Waals surface area (Å²) in [6, 6.07) is 0. The number of nitrogens with zero attached hydrogens (tertiary/aromatic N) is 1. The molecule has 4 nitrogen and oxygen atoms in total. The highest BCUT2D eigenvalue weighted by Gasteiger charge is 2.39. The Balaban J connectivity index is 2.47. The van der Waals surface area contributed by atoms with Crippen LogP contribution in [0.25, 0.3) is 0 Å². The van der Waals surface area contributed by atoms with Gasteiger partial charge in [0, 0.05) is 12.4 Å². The molecular formula is C6H3NO3. The van der Waals surface area contributed by atoms with Crippen LogP contribution in [0, 0.1) is 5.92 Å². The first kappa shape index (κ1) is 5.34. The number of hydrogen-bond donors (Lipinski definition) is 0. The lowest BCUT2D eigenvalue weighted by atomic mass is 10.1. The van der Waals surface area contributed by atoms with Crippen LogP contribution >= 0.6 is 0 Å². The second-order valence-corrected chi connectivity index (χ2v) is 2.07. The second-order valence-electron chi connectivity index (χ2n) is 2.07. The Bertz CT molecular complexity index is 277. The summed E-state index contributed by atoms with van der Waals surface area (Å²) in [4.78, 5) is 25.0. The van der Waals surface area contributed by atoms with E-state index >= 15 is 0 Å². The lowest BCUT2D eigenvalue weighted by Gasteiger charge is -1.86. The van der Waals surface area contributed by atoms with E-state index in [9.17, 15) is 9.59 Å². The molecule has 0 aliphatic carbocycles. The van der Waals surface area contributed by atoms with Crippen LogP contribution in [0.3, 0.4) is 0 Å². The molecule has 10 heavy (non-hydrogen) atoms. The summed E-state index contributed by atoms with van der Waals surface area (Å²) in [5, 5.41) is 0. The minimum atomic E-state index is -0.563. The van der Waals surface area contributed by atoms with E-state index in [-0.39, 0.29) is 0 Å². The number of cyclic esters (lactones) is 2. The smallest absolute Gasteiger partial charge is 0.344 e. The zero-order chi connectivity index (χ0) is 7.14. The molecule has 50 valence electrons. The zero-order valence-corrected chi connectivity index (χ0v) is 4.90. The molecule has 1 fully saturated rings. The number of aliphatic imine (C=N–C) groups is 1. The van der Waals surface area contributed by atoms with Crippen LogP contribution in [0.1, 0.15) is 0 Å². The third-order valence-electron chi connectivity index (χ3n) is 1.47. The highest BCUT2D eigenvalue weighted by Crippen LogP contribution is 2.24. The van der Waals surface area contributed by atoms with Crippen LogP contribution in [0.5, 0.6) is 0 Å². The average molecular weight is 137 g/mol. The standard InChI is InChI=1S/C6H3NO3/c8-5-3-1-7-2-4(3)6(9)10-5/h1-3H. The lowest BCUT2D eigenvalue weighted by molar-refractivity contribution is -0.151. The summed E-state index contributed by atoms with van der Waals surface area (Å²) in [7, 11) is 0. The fraction of sp³-hybridized carbons (Fsp3) is 0.167. The van der Waals surface area contributed by atoms with E-state index in [1.807, 2.05) is 0 Å². The minimum Gasteiger partial charge on any atom is -0.389 e. The molecule has 0 bridgehead atoms. The first-order valence-corrected chi connectivity index (χ1v) is 2.78. The second kappa shape index (κ2) is 1.53. The van der Waals surface area contributed by atoms with Gasteiger partial charge in [0.1, 0.15) is 5.92 Å². The normalized spacial score (nSPS) is 28.4. The molecule has 0 radical (unpaired) electrons. The maximum Gasteiger partial charge on any atom is 0.344 e. The molecule has 2 heterocycles. The summed E-state index contributed by atoms with van der Waals surface area (Å²) in [6.45, 7) is 0. The van der Waals surface area contributed by atoms with Gasteiger partial charge in [0.05, 0.1) is 5.57 Å². The van der Waals surface area contributed by atoms with Crippen LogP contribution < -0.4 is 0 Å². The van der Waals surface area contributed by atoms with Gasteiger partial charge in [0.25, 0.3) is 0 Å². The van der Waals surface area contributed by atoms with Gasteiger partial charge in [-0.25, -0.2) is 4.79 Å². The molecule has 0 saturated carbocycles. The van der Waals surface area contributed by atoms with Crippen molar-refractivity contribution in [3.8, 4) is 0 Å². The first-order valence-electron chi connectivity index (χ1n) is 2.78. The van der Waals surface area contributed by atoms with Crippen molar-refractivity contribution in [2.24, 2.45) is 10.9 Å². The van der Waals surface area contributed by atoms with Crippen molar-refractivity contribution in [3.05, 3.63) is 11.8 Å². The summed E-state index contributed by atoms with van der Waals surface area (Å²) in [5.74, 6) is -1.60. The Morgan fingerprint density at radius 3 is 3.00 bits per heavy atom. The summed E-state index contributed by atoms with van der Waals surface area (Å²) in [5.41, 5.74) is 0.352. The third-order valence-corrected chi connectivity index (χ3v) is 1.47. The number of fused-ring (bicyclic) bond motifs is 1. The van der Waals surface area contributed by atoms with Gasteiger partial charge in [-0.15, -0.1) is 0 Å². The highest BCUT2D eigenvalue weighted by atomic mass is 16.6. The van der Waals surface area contributed by atoms with Gasteiger partial charge >= 0.3 is 11.9 Å². The van der Waals surface area contributed by atoms with Gasteiger partial charge in [-0.3, -0.25) is 9.79 Å². The Kier molecular flexibility index (Phi) is 0.818. The predicted molar refractivity (Wildman–Crippen MR) is 31.2 cm³/mol. The van der Waals surface area contributed by atoms with Crippen LogP contribution in [-0.2, 0) is 14.3 Å². The molecule has 0 aromatic carbocycles. The lowest BCUT2D eigenvalue weighted by Crippen LogP contribution is -2.07. The van der Waals surface area contributed by atoms with E-state index in [2.05, 4.69) is 9.73 Å². The maximum atomic E-state index is 10.7. The van der Waals surface area contributed by atoms with Crippen molar-refractivity contribution < 1.29 is 14.3 Å². The molecule has 0 aromatic heterocycles. The number of rotatable bonds is 0. The quantitative estimate of drug-likeness (QED) is 0.339. The molecule has 2 aliphatic heterocycles. The van der Waals surface area contributed by atoms with Crippen LogP contribution in [0.15, 0.2) is 16.8 Å². The van der Waals surface area contributed by atoms with Gasteiger partial charge in [-0.1, -0.05) is 0 Å². The van der Waals surface area contributed by atoms with Crippen molar-refractivity contribution in [1.82, 2.24) is 0 Å². The third kappa shape index (κ3) is 0.478. The van der Waals surface area contributed by atoms with Gasteiger partial charge in [-0.05, 0) is 0 Å². The molecule has 0 N–H and O–H groups in total. The summed E-state index contributed by atoms with van der Waals surface area (Å²) in [6.07, 6.45) is 2.76. The number of ether oxygens (including phenoxy) is 1. The van der Waals surface area contributed by atoms with E-state index in [0.29, 0.717) is 5.57 Å². The average Bonchev–Trinajstić information content (AvgIpc) is 2.39. The first-order chi connectivity index (χ1) is 4.79. The van der Waals surface area contributed by atoms with Crippen molar-refractivity contribution >= 4 is 18.2 Å². The molecule has 1 saturated heterocycles. The van der Waals surface area contributed by atoms with Crippen molar-refractivity contribution in [3.63, 3.8) is 0 Å². The topological polar surface area (TPSA) is 55.7 Å². The van der Waals surface area contributed by atoms with E-state index in [1.165, 1.54) is 12.4 Å². The summed E-state index contributed by atoms with van der Waals surface area (Å²) < 4.78 is 4.29. The van der Waals surface area contributed by atoms with Gasteiger partial charge in [-0.2, -0.15) is 0 Å². The maximum absolute atomic E-state index is 10.7. The highest BCUT2D eigenvalue weighted by molar-refractivity contribution is 6.15. The number of carbonyl (C=O) groups is 2. The fourth-order valence-electron chi connectivity index (χ4n) is 0.951. The Labute approximate surface area is 56.2 Å². The molecule has 0 aromatic rings. The molecule has 0 amide bonds. The Hall–Kier alpha value is -1.45. The van der Waals surface area contributed by atoms with Crippen molar-refractivity contribution in [1.29, 1.82) is 0 Å². The molecule has 2 aliphatic rings. The fourth-order valence-corrected chi connectivity index (χ4v) is 0.951. The van der Waals surface area contributed by atoms with Crippen molar-refractivity contribution in [2.75, 3.05) is 0 Å². The molecule has 0 spiro atoms. The SMILES string of the molecule is O=C1OC(=O)C2C=NC=C12. The number of carbonyl (C=O) groups excluding carboxylic acids is 2. The van der Waals surface area contributed by atoms with Crippen LogP contribution in [-0.4, -0.2) is 18.2 Å². The van der Waals surface area contributed by atoms with Crippen LogP contribution in [0.2, 0.25) is 0 Å². The molecule has 1 atom stereocenters. The van der Waals surface area contributed by atoms with E-state index in [1.54, 1.807) is 0 Å². The van der Waals surface area contributed by atoms with Gasteiger partial charge in [0.2, 0.25) is 0 Å².